The van der Waals surface area contributed by atoms with Crippen LogP contribution in [0.4, 0.5) is 0 Å². The monoisotopic (exact) mass is 110 g/mol. The fraction of sp³-hybridized carbons (Fsp3) is 0.500. The number of rotatable bonds is 2. The van der Waals surface area contributed by atoms with Gasteiger partial charge >= 0.3 is 0 Å². The highest BCUT2D eigenvalue weighted by molar-refractivity contribution is 5.56. The van der Waals surface area contributed by atoms with Crippen LogP contribution in [0.3, 0.4) is 0 Å². The van der Waals surface area contributed by atoms with Crippen molar-refractivity contribution in [3.63, 3.8) is 0 Å². The van der Waals surface area contributed by atoms with Gasteiger partial charge in [0.25, 0.3) is 0 Å². The second-order valence-corrected chi connectivity index (χ2v) is 1.35. The van der Waals surface area contributed by atoms with E-state index in [4.69, 9.17) is 6.42 Å². The lowest BCUT2D eigenvalue weighted by molar-refractivity contribution is 0.746. The van der Waals surface area contributed by atoms with E-state index in [0.29, 0.717) is 0 Å². The third-order valence-electron chi connectivity index (χ3n) is 0.641. The summed E-state index contributed by atoms with van der Waals surface area (Å²) in [6, 6.07) is 2.38. The van der Waals surface area contributed by atoms with Gasteiger partial charge in [-0.05, 0) is 6.92 Å². The zero-order valence-electron chi connectivity index (χ0n) is 5.26. The zero-order chi connectivity index (χ0) is 6.41. The topological polar surface area (TPSA) is 15.6 Å². The SMILES string of the molecule is C#CN(C)/C=N\CC. The van der Waals surface area contributed by atoms with Gasteiger partial charge < -0.3 is 0 Å². The molecule has 0 spiro atoms. The number of hydrogen-bond donors (Lipinski definition) is 0. The van der Waals surface area contributed by atoms with Crippen LogP contribution in [-0.4, -0.2) is 24.8 Å². The largest absolute Gasteiger partial charge is 0.295 e. The summed E-state index contributed by atoms with van der Waals surface area (Å²) in [5, 5.41) is 0. The third-order valence-corrected chi connectivity index (χ3v) is 0.641. The van der Waals surface area contributed by atoms with Crippen LogP contribution in [-0.2, 0) is 0 Å². The van der Waals surface area contributed by atoms with Gasteiger partial charge in [-0.1, -0.05) is 6.42 Å². The Morgan fingerprint density at radius 3 is 2.88 bits per heavy atom. The van der Waals surface area contributed by atoms with Crippen molar-refractivity contribution in [1.29, 1.82) is 0 Å². The van der Waals surface area contributed by atoms with Crippen molar-refractivity contribution < 1.29 is 0 Å². The Labute approximate surface area is 50.2 Å². The van der Waals surface area contributed by atoms with Gasteiger partial charge in [0.1, 0.15) is 0 Å². The Bertz CT molecular complexity index is 110. The van der Waals surface area contributed by atoms with Crippen molar-refractivity contribution in [2.45, 2.75) is 6.92 Å². The molecule has 44 valence electrons. The van der Waals surface area contributed by atoms with Gasteiger partial charge in [0, 0.05) is 19.6 Å². The molecule has 2 nitrogen and oxygen atoms in total. The highest BCUT2D eigenvalue weighted by Crippen LogP contribution is 1.69. The van der Waals surface area contributed by atoms with E-state index in [1.165, 1.54) is 0 Å². The molecule has 0 radical (unpaired) electrons. The van der Waals surface area contributed by atoms with E-state index >= 15 is 0 Å². The average Bonchev–Trinajstić information content (AvgIpc) is 1.83. The summed E-state index contributed by atoms with van der Waals surface area (Å²) in [6.07, 6.45) is 6.62. The second kappa shape index (κ2) is 4.20. The molecule has 0 aromatic carbocycles. The van der Waals surface area contributed by atoms with Gasteiger partial charge in [-0.15, -0.1) is 0 Å². The lowest BCUT2D eigenvalue weighted by atomic mass is 10.8. The molecule has 0 aliphatic rings. The van der Waals surface area contributed by atoms with Crippen molar-refractivity contribution in [3.05, 3.63) is 0 Å². The molecule has 0 atom stereocenters. The predicted molar refractivity (Wildman–Crippen MR) is 35.6 cm³/mol. The molecule has 0 saturated carbocycles. The maximum absolute atomic E-state index is 5.00. The van der Waals surface area contributed by atoms with Gasteiger partial charge in [0.2, 0.25) is 0 Å². The highest BCUT2D eigenvalue weighted by atomic mass is 15.1. The molecule has 0 aromatic rings. The minimum Gasteiger partial charge on any atom is -0.295 e. The number of terminal acetylenes is 1. The summed E-state index contributed by atoms with van der Waals surface area (Å²) < 4.78 is 0. The molecule has 0 amide bonds. The molecule has 0 fully saturated rings. The molecule has 0 saturated heterocycles. The van der Waals surface area contributed by atoms with Gasteiger partial charge in [-0.25, -0.2) is 0 Å². The smallest absolute Gasteiger partial charge is 0.0962 e. The first-order valence-electron chi connectivity index (χ1n) is 2.50. The first kappa shape index (κ1) is 7.03. The number of aliphatic imine (C=N–C) groups is 1. The third kappa shape index (κ3) is 3.23. The maximum Gasteiger partial charge on any atom is 0.0962 e. The summed E-state index contributed by atoms with van der Waals surface area (Å²) >= 11 is 0. The van der Waals surface area contributed by atoms with Crippen LogP contribution in [0, 0.1) is 12.5 Å². The minimum atomic E-state index is 0.784. The molecule has 0 unspecified atom stereocenters. The van der Waals surface area contributed by atoms with E-state index in [0.717, 1.165) is 6.54 Å². The van der Waals surface area contributed by atoms with Crippen molar-refractivity contribution in [3.8, 4) is 12.5 Å². The fourth-order valence-corrected chi connectivity index (χ4v) is 0.237. The molecule has 8 heavy (non-hydrogen) atoms. The quantitative estimate of drug-likeness (QED) is 0.219. The van der Waals surface area contributed by atoms with Crippen LogP contribution in [0.2, 0.25) is 0 Å². The fourth-order valence-electron chi connectivity index (χ4n) is 0.237. The Morgan fingerprint density at radius 1 is 1.88 bits per heavy atom. The Hall–Kier alpha value is -0.970. The summed E-state index contributed by atoms with van der Waals surface area (Å²) in [6.45, 7) is 2.74. The molecule has 0 N–H and O–H groups in total. The summed E-state index contributed by atoms with van der Waals surface area (Å²) in [5.74, 6) is 0. The van der Waals surface area contributed by atoms with Gasteiger partial charge in [0.05, 0.1) is 6.34 Å². The van der Waals surface area contributed by atoms with E-state index in [-0.39, 0.29) is 0 Å². The summed E-state index contributed by atoms with van der Waals surface area (Å²) in [4.78, 5) is 5.47. The van der Waals surface area contributed by atoms with Crippen LogP contribution in [0.25, 0.3) is 0 Å². The van der Waals surface area contributed by atoms with Crippen molar-refractivity contribution >= 4 is 6.34 Å². The normalized spacial score (nSPS) is 9.12. The summed E-state index contributed by atoms with van der Waals surface area (Å²) in [5.41, 5.74) is 0. The molecular weight excluding hydrogens is 100 g/mol. The first-order valence-corrected chi connectivity index (χ1v) is 2.50. The first-order chi connectivity index (χ1) is 3.81. The Kier molecular flexibility index (Phi) is 3.69. The second-order valence-electron chi connectivity index (χ2n) is 1.35. The minimum absolute atomic E-state index is 0.784. The lowest BCUT2D eigenvalue weighted by Crippen LogP contribution is -2.06. The van der Waals surface area contributed by atoms with Crippen molar-refractivity contribution in [1.82, 2.24) is 4.90 Å². The standard InChI is InChI=1S/C6H10N2/c1-4-7-6-8(3)5-2/h2,6H,4H2,1,3H3/b7-6-. The van der Waals surface area contributed by atoms with Crippen LogP contribution in [0.15, 0.2) is 4.99 Å². The molecule has 0 aliphatic heterocycles. The Morgan fingerprint density at radius 2 is 2.50 bits per heavy atom. The van der Waals surface area contributed by atoms with Gasteiger partial charge in [0.15, 0.2) is 0 Å². The molecule has 0 bridgehead atoms. The van der Waals surface area contributed by atoms with Crippen LogP contribution >= 0.6 is 0 Å². The van der Waals surface area contributed by atoms with E-state index in [9.17, 15) is 0 Å². The molecular formula is C6H10N2. The molecule has 0 rings (SSSR count). The molecule has 2 heteroatoms. The van der Waals surface area contributed by atoms with Crippen LogP contribution in [0.1, 0.15) is 6.92 Å². The van der Waals surface area contributed by atoms with Crippen molar-refractivity contribution in [2.24, 2.45) is 4.99 Å². The zero-order valence-corrected chi connectivity index (χ0v) is 5.26. The lowest BCUT2D eigenvalue weighted by Gasteiger charge is -1.98. The molecule has 0 aliphatic carbocycles. The predicted octanol–water partition coefficient (Wildman–Crippen LogP) is 0.557. The van der Waals surface area contributed by atoms with E-state index < -0.39 is 0 Å². The van der Waals surface area contributed by atoms with Crippen LogP contribution in [0.5, 0.6) is 0 Å². The summed E-state index contributed by atoms with van der Waals surface area (Å²) in [7, 11) is 1.78. The van der Waals surface area contributed by atoms with E-state index in [1.54, 1.807) is 18.3 Å². The number of hydrogen-bond acceptors (Lipinski definition) is 1. The maximum atomic E-state index is 5.00. The number of nitrogens with zero attached hydrogens (tertiary/aromatic N) is 2. The van der Waals surface area contributed by atoms with Crippen LogP contribution < -0.4 is 0 Å². The van der Waals surface area contributed by atoms with Gasteiger partial charge in [-0.3, -0.25) is 9.89 Å². The average molecular weight is 110 g/mol. The van der Waals surface area contributed by atoms with Crippen molar-refractivity contribution in [2.75, 3.05) is 13.6 Å². The Balaban J connectivity index is 3.40. The van der Waals surface area contributed by atoms with E-state index in [2.05, 4.69) is 11.0 Å². The van der Waals surface area contributed by atoms with Gasteiger partial charge in [-0.2, -0.15) is 0 Å². The van der Waals surface area contributed by atoms with E-state index in [1.807, 2.05) is 6.92 Å². The molecule has 0 heterocycles. The highest BCUT2D eigenvalue weighted by Gasteiger charge is 1.75. The molecule has 0 aromatic heterocycles.